The Morgan fingerprint density at radius 3 is 2.62 bits per heavy atom. The number of likely N-dealkylation sites (N-methyl/N-ethyl adjacent to an activating group) is 1. The van der Waals surface area contributed by atoms with E-state index in [-0.39, 0.29) is 9.33 Å². The second-order valence-electron chi connectivity index (χ2n) is 3.38. The summed E-state index contributed by atoms with van der Waals surface area (Å²) < 4.78 is -0.386. The number of carbonyl (C=O) groups excluding carboxylic acids is 1. The van der Waals surface area contributed by atoms with E-state index >= 15 is 0 Å². The van der Waals surface area contributed by atoms with Crippen LogP contribution >= 0.6 is 22.6 Å². The predicted octanol–water partition coefficient (Wildman–Crippen LogP) is 2.31. The Morgan fingerprint density at radius 2 is 2.00 bits per heavy atom. The van der Waals surface area contributed by atoms with Gasteiger partial charge in [0, 0.05) is 18.3 Å². The molecule has 0 fully saturated rings. The molecule has 0 aliphatic carbocycles. The molecule has 1 heterocycles. The standard InChI is InChI=1S/C10H10INO/c1-10(11)7-5-3-4-6-8(7)12(2)9(10)13/h3-6H,1-2H3. The second kappa shape index (κ2) is 2.70. The van der Waals surface area contributed by atoms with Crippen molar-refractivity contribution in [3.05, 3.63) is 29.8 Å². The van der Waals surface area contributed by atoms with Crippen LogP contribution in [0.15, 0.2) is 24.3 Å². The van der Waals surface area contributed by atoms with Crippen LogP contribution in [0, 0.1) is 0 Å². The molecular formula is C10H10INO. The molecule has 3 heteroatoms. The summed E-state index contributed by atoms with van der Waals surface area (Å²) in [5.41, 5.74) is 2.15. The molecule has 0 spiro atoms. The average molecular weight is 287 g/mol. The van der Waals surface area contributed by atoms with Gasteiger partial charge in [-0.1, -0.05) is 40.8 Å². The largest absolute Gasteiger partial charge is 0.314 e. The molecule has 0 bridgehead atoms. The van der Waals surface area contributed by atoms with Gasteiger partial charge in [-0.2, -0.15) is 0 Å². The number of para-hydroxylation sites is 1. The summed E-state index contributed by atoms with van der Waals surface area (Å²) in [7, 11) is 1.82. The number of hydrogen-bond donors (Lipinski definition) is 0. The van der Waals surface area contributed by atoms with E-state index < -0.39 is 0 Å². The van der Waals surface area contributed by atoms with E-state index in [1.54, 1.807) is 4.90 Å². The number of halogens is 1. The van der Waals surface area contributed by atoms with Crippen molar-refractivity contribution >= 4 is 34.2 Å². The fraction of sp³-hybridized carbons (Fsp3) is 0.300. The van der Waals surface area contributed by atoms with Crippen LogP contribution < -0.4 is 4.90 Å². The van der Waals surface area contributed by atoms with Crippen LogP contribution in [-0.2, 0) is 8.22 Å². The lowest BCUT2D eigenvalue weighted by Gasteiger charge is -2.14. The molecule has 1 aliphatic heterocycles. The molecule has 2 nitrogen and oxygen atoms in total. The highest BCUT2D eigenvalue weighted by atomic mass is 127. The van der Waals surface area contributed by atoms with Gasteiger partial charge in [-0.05, 0) is 13.0 Å². The first-order chi connectivity index (χ1) is 6.05. The summed E-state index contributed by atoms with van der Waals surface area (Å²) in [6, 6.07) is 7.93. The van der Waals surface area contributed by atoms with E-state index in [0.717, 1.165) is 11.3 Å². The Hall–Kier alpha value is -0.580. The van der Waals surface area contributed by atoms with Gasteiger partial charge >= 0.3 is 0 Å². The molecule has 1 unspecified atom stereocenters. The number of benzene rings is 1. The molecule has 1 aliphatic rings. The molecule has 1 atom stereocenters. The highest BCUT2D eigenvalue weighted by Crippen LogP contribution is 2.45. The van der Waals surface area contributed by atoms with Gasteiger partial charge in [0.1, 0.15) is 3.42 Å². The minimum Gasteiger partial charge on any atom is -0.314 e. The summed E-state index contributed by atoms with van der Waals surface area (Å²) in [5.74, 6) is 0.161. The van der Waals surface area contributed by atoms with Gasteiger partial charge in [0.2, 0.25) is 5.91 Å². The Kier molecular flexibility index (Phi) is 1.87. The highest BCUT2D eigenvalue weighted by Gasteiger charge is 2.43. The molecule has 0 N–H and O–H groups in total. The fourth-order valence-electron chi connectivity index (χ4n) is 1.70. The molecule has 13 heavy (non-hydrogen) atoms. The lowest BCUT2D eigenvalue weighted by Crippen LogP contribution is -2.30. The number of amides is 1. The van der Waals surface area contributed by atoms with Gasteiger partial charge in [0.25, 0.3) is 0 Å². The maximum Gasteiger partial charge on any atom is 0.247 e. The summed E-state index contributed by atoms with van der Waals surface area (Å²) in [4.78, 5) is 13.5. The van der Waals surface area contributed by atoms with E-state index in [0.29, 0.717) is 0 Å². The van der Waals surface area contributed by atoms with Crippen molar-refractivity contribution in [2.45, 2.75) is 10.3 Å². The Labute approximate surface area is 91.1 Å². The SMILES string of the molecule is CN1C(=O)C(C)(I)c2ccccc21. The third-order valence-electron chi connectivity index (χ3n) is 2.48. The van der Waals surface area contributed by atoms with E-state index in [1.165, 1.54) is 0 Å². The van der Waals surface area contributed by atoms with Crippen molar-refractivity contribution in [2.75, 3.05) is 11.9 Å². The Morgan fingerprint density at radius 1 is 1.38 bits per heavy atom. The zero-order valence-corrected chi connectivity index (χ0v) is 9.70. The minimum absolute atomic E-state index is 0.161. The van der Waals surface area contributed by atoms with Crippen LogP contribution in [0.3, 0.4) is 0 Å². The number of alkyl halides is 1. The van der Waals surface area contributed by atoms with Crippen molar-refractivity contribution < 1.29 is 4.79 Å². The molecule has 68 valence electrons. The zero-order chi connectivity index (χ0) is 9.64. The van der Waals surface area contributed by atoms with Gasteiger partial charge < -0.3 is 4.90 Å². The second-order valence-corrected chi connectivity index (χ2v) is 5.54. The van der Waals surface area contributed by atoms with Gasteiger partial charge in [-0.25, -0.2) is 0 Å². The van der Waals surface area contributed by atoms with Gasteiger partial charge in [0.15, 0.2) is 0 Å². The summed E-state index contributed by atoms with van der Waals surface area (Å²) in [5, 5.41) is 0. The smallest absolute Gasteiger partial charge is 0.247 e. The molecule has 0 radical (unpaired) electrons. The minimum atomic E-state index is -0.386. The molecule has 1 amide bonds. The molecular weight excluding hydrogens is 277 g/mol. The molecule has 0 aromatic heterocycles. The van der Waals surface area contributed by atoms with Crippen molar-refractivity contribution in [1.29, 1.82) is 0 Å². The number of fused-ring (bicyclic) bond motifs is 1. The number of nitrogens with zero attached hydrogens (tertiary/aromatic N) is 1. The number of hydrogen-bond acceptors (Lipinski definition) is 1. The first-order valence-corrected chi connectivity index (χ1v) is 5.19. The zero-order valence-electron chi connectivity index (χ0n) is 7.54. The summed E-state index contributed by atoms with van der Waals surface area (Å²) in [6.07, 6.45) is 0. The number of anilines is 1. The van der Waals surface area contributed by atoms with Crippen LogP contribution in [0.1, 0.15) is 12.5 Å². The average Bonchev–Trinajstić information content (AvgIpc) is 2.30. The van der Waals surface area contributed by atoms with Crippen LogP contribution in [0.25, 0.3) is 0 Å². The van der Waals surface area contributed by atoms with Crippen LogP contribution in [0.4, 0.5) is 5.69 Å². The molecule has 1 aromatic rings. The lowest BCUT2D eigenvalue weighted by molar-refractivity contribution is -0.119. The van der Waals surface area contributed by atoms with E-state index in [9.17, 15) is 4.79 Å². The van der Waals surface area contributed by atoms with Gasteiger partial charge in [0.05, 0.1) is 0 Å². The van der Waals surface area contributed by atoms with Crippen molar-refractivity contribution in [3.8, 4) is 0 Å². The predicted molar refractivity (Wildman–Crippen MR) is 61.2 cm³/mol. The molecule has 0 saturated carbocycles. The van der Waals surface area contributed by atoms with Crippen molar-refractivity contribution in [3.63, 3.8) is 0 Å². The van der Waals surface area contributed by atoms with Crippen molar-refractivity contribution in [2.24, 2.45) is 0 Å². The van der Waals surface area contributed by atoms with E-state index in [2.05, 4.69) is 22.6 Å². The Bertz CT molecular complexity index is 373. The third kappa shape index (κ3) is 1.10. The first kappa shape index (κ1) is 8.99. The molecule has 0 saturated heterocycles. The quantitative estimate of drug-likeness (QED) is 0.529. The number of rotatable bonds is 0. The van der Waals surface area contributed by atoms with Crippen molar-refractivity contribution in [1.82, 2.24) is 0 Å². The van der Waals surface area contributed by atoms with E-state index in [4.69, 9.17) is 0 Å². The summed E-state index contributed by atoms with van der Waals surface area (Å²) >= 11 is 2.21. The van der Waals surface area contributed by atoms with Gasteiger partial charge in [-0.15, -0.1) is 0 Å². The van der Waals surface area contributed by atoms with Crippen LogP contribution in [0.5, 0.6) is 0 Å². The molecule has 1 aromatic carbocycles. The maximum atomic E-state index is 11.8. The third-order valence-corrected chi connectivity index (χ3v) is 3.52. The maximum absolute atomic E-state index is 11.8. The first-order valence-electron chi connectivity index (χ1n) is 4.11. The Balaban J connectivity index is 2.68. The fourth-order valence-corrected chi connectivity index (χ4v) is 2.52. The normalized spacial score (nSPS) is 26.4. The van der Waals surface area contributed by atoms with E-state index in [1.807, 2.05) is 38.2 Å². The van der Waals surface area contributed by atoms with Gasteiger partial charge in [-0.3, -0.25) is 4.79 Å². The monoisotopic (exact) mass is 287 g/mol. The summed E-state index contributed by atoms with van der Waals surface area (Å²) in [6.45, 7) is 1.96. The number of carbonyl (C=O) groups is 1. The van der Waals surface area contributed by atoms with Crippen LogP contribution in [-0.4, -0.2) is 13.0 Å². The molecule has 2 rings (SSSR count). The topological polar surface area (TPSA) is 20.3 Å². The lowest BCUT2D eigenvalue weighted by atomic mass is 10.0. The van der Waals surface area contributed by atoms with Crippen LogP contribution in [0.2, 0.25) is 0 Å². The highest BCUT2D eigenvalue weighted by molar-refractivity contribution is 14.1.